The number of aromatic nitrogens is 4. The molecule has 3 rings (SSSR count). The summed E-state index contributed by atoms with van der Waals surface area (Å²) in [7, 11) is 1.65. The van der Waals surface area contributed by atoms with E-state index in [1.807, 2.05) is 6.92 Å². The van der Waals surface area contributed by atoms with Gasteiger partial charge in [0, 0.05) is 19.2 Å². The minimum absolute atomic E-state index is 0.108. The van der Waals surface area contributed by atoms with Crippen molar-refractivity contribution in [2.75, 3.05) is 18.1 Å². The molecule has 7 nitrogen and oxygen atoms in total. The number of nitrogens with one attached hydrogen (secondary N) is 1. The van der Waals surface area contributed by atoms with E-state index in [1.165, 1.54) is 6.33 Å². The Balaban J connectivity index is 1.91. The summed E-state index contributed by atoms with van der Waals surface area (Å²) in [6.07, 6.45) is -4.60. The predicted octanol–water partition coefficient (Wildman–Crippen LogP) is 2.58. The molecule has 138 valence electrons. The Hall–Kier alpha value is -1.59. The second-order valence-electron chi connectivity index (χ2n) is 5.78. The molecule has 0 bridgehead atoms. The summed E-state index contributed by atoms with van der Waals surface area (Å²) in [6.45, 7) is 1.86. The average Bonchev–Trinajstić information content (AvgIpc) is 3.07. The molecule has 0 amide bonds. The fourth-order valence-corrected chi connectivity index (χ4v) is 3.49. The van der Waals surface area contributed by atoms with E-state index in [1.54, 1.807) is 11.6 Å². The monoisotopic (exact) mass is 377 g/mol. The molecule has 0 aromatic carbocycles. The van der Waals surface area contributed by atoms with Crippen LogP contribution in [0.4, 0.5) is 19.0 Å². The maximum Gasteiger partial charge on any atom is 0.389 e. The van der Waals surface area contributed by atoms with E-state index >= 15 is 0 Å². The number of halogens is 3. The molecule has 0 saturated carbocycles. The van der Waals surface area contributed by atoms with Crippen molar-refractivity contribution in [2.24, 2.45) is 0 Å². The molecule has 0 aliphatic carbocycles. The fourth-order valence-electron chi connectivity index (χ4n) is 2.67. The predicted molar refractivity (Wildman–Crippen MR) is 86.5 cm³/mol. The third-order valence-corrected chi connectivity index (χ3v) is 4.65. The number of hydrogen-bond donors (Lipinski definition) is 2. The molecular formula is C14H18F3N5O2S. The van der Waals surface area contributed by atoms with Crippen molar-refractivity contribution in [3.63, 3.8) is 0 Å². The van der Waals surface area contributed by atoms with Crippen molar-refractivity contribution in [2.45, 2.75) is 49.5 Å². The van der Waals surface area contributed by atoms with E-state index in [0.29, 0.717) is 23.4 Å². The summed E-state index contributed by atoms with van der Waals surface area (Å²) in [5, 5.41) is 13.2. The van der Waals surface area contributed by atoms with Gasteiger partial charge in [0.2, 0.25) is 0 Å². The van der Waals surface area contributed by atoms with E-state index in [-0.39, 0.29) is 17.0 Å². The zero-order valence-electron chi connectivity index (χ0n) is 13.6. The molecule has 2 aromatic rings. The molecule has 1 saturated heterocycles. The lowest BCUT2D eigenvalue weighted by atomic mass is 10.2. The standard InChI is InChI=1S/C14H18F3N5O2S/c1-7-5-8(23)12(24-7)22-6-19-9-10(18-2)20-13(21-11(9)22)25-4-3-14(15,16)17/h6-8,12,23H,3-5H2,1-2H3,(H,18,20,21)/t7?,8-,12?/m1/s1. The zero-order valence-corrected chi connectivity index (χ0v) is 14.4. The summed E-state index contributed by atoms with van der Waals surface area (Å²) >= 11 is 0.921. The number of aliphatic hydroxyl groups is 1. The molecule has 1 aliphatic rings. The van der Waals surface area contributed by atoms with Crippen LogP contribution in [0.2, 0.25) is 0 Å². The first kappa shape index (κ1) is 18.2. The van der Waals surface area contributed by atoms with Crippen LogP contribution >= 0.6 is 11.8 Å². The lowest BCUT2D eigenvalue weighted by Crippen LogP contribution is -2.19. The SMILES string of the molecule is CNc1nc(SCCC(F)(F)F)nc2c1ncn2C1OC(C)C[C@H]1O. The van der Waals surface area contributed by atoms with Crippen LogP contribution in [0, 0.1) is 0 Å². The number of anilines is 1. The Morgan fingerprint density at radius 2 is 2.20 bits per heavy atom. The maximum absolute atomic E-state index is 12.3. The molecule has 2 unspecified atom stereocenters. The highest BCUT2D eigenvalue weighted by Gasteiger charge is 2.34. The van der Waals surface area contributed by atoms with Gasteiger partial charge in [-0.05, 0) is 6.92 Å². The number of alkyl halides is 3. The molecule has 25 heavy (non-hydrogen) atoms. The summed E-state index contributed by atoms with van der Waals surface area (Å²) < 4.78 is 44.3. The summed E-state index contributed by atoms with van der Waals surface area (Å²) in [4.78, 5) is 12.8. The summed E-state index contributed by atoms with van der Waals surface area (Å²) in [6, 6.07) is 0. The lowest BCUT2D eigenvalue weighted by Gasteiger charge is -2.16. The third-order valence-electron chi connectivity index (χ3n) is 3.80. The van der Waals surface area contributed by atoms with E-state index in [0.717, 1.165) is 11.8 Å². The van der Waals surface area contributed by atoms with Gasteiger partial charge in [0.05, 0.1) is 18.9 Å². The third kappa shape index (κ3) is 3.98. The van der Waals surface area contributed by atoms with Gasteiger partial charge in [-0.2, -0.15) is 13.2 Å². The van der Waals surface area contributed by atoms with Crippen LogP contribution in [0.1, 0.15) is 26.0 Å². The Morgan fingerprint density at radius 3 is 2.80 bits per heavy atom. The summed E-state index contributed by atoms with van der Waals surface area (Å²) in [5.74, 6) is 0.241. The van der Waals surface area contributed by atoms with Crippen molar-refractivity contribution in [3.8, 4) is 0 Å². The van der Waals surface area contributed by atoms with Gasteiger partial charge in [-0.1, -0.05) is 11.8 Å². The van der Waals surface area contributed by atoms with Crippen molar-refractivity contribution in [1.29, 1.82) is 0 Å². The Labute approximate surface area is 146 Å². The zero-order chi connectivity index (χ0) is 18.2. The number of nitrogens with zero attached hydrogens (tertiary/aromatic N) is 4. The molecule has 0 radical (unpaired) electrons. The van der Waals surface area contributed by atoms with Crippen LogP contribution < -0.4 is 5.32 Å². The van der Waals surface area contributed by atoms with Crippen LogP contribution in [-0.4, -0.2) is 55.8 Å². The first-order valence-corrected chi connectivity index (χ1v) is 8.72. The highest BCUT2D eigenvalue weighted by Crippen LogP contribution is 2.33. The lowest BCUT2D eigenvalue weighted by molar-refractivity contribution is -0.129. The largest absolute Gasteiger partial charge is 0.389 e. The minimum atomic E-state index is -4.22. The highest BCUT2D eigenvalue weighted by molar-refractivity contribution is 7.99. The molecule has 2 N–H and O–H groups in total. The number of hydrogen-bond acceptors (Lipinski definition) is 7. The van der Waals surface area contributed by atoms with Crippen LogP contribution in [0.25, 0.3) is 11.2 Å². The number of ether oxygens (including phenoxy) is 1. The second-order valence-corrected chi connectivity index (χ2v) is 6.84. The number of thioether (sulfide) groups is 1. The summed E-state index contributed by atoms with van der Waals surface area (Å²) in [5.41, 5.74) is 0.880. The molecular weight excluding hydrogens is 359 g/mol. The normalized spacial score (nSPS) is 24.2. The number of rotatable bonds is 5. The van der Waals surface area contributed by atoms with Gasteiger partial charge in [0.15, 0.2) is 28.4 Å². The van der Waals surface area contributed by atoms with Crippen LogP contribution in [-0.2, 0) is 4.74 Å². The molecule has 3 heterocycles. The van der Waals surface area contributed by atoms with Gasteiger partial charge in [0.25, 0.3) is 0 Å². The van der Waals surface area contributed by atoms with E-state index < -0.39 is 24.9 Å². The highest BCUT2D eigenvalue weighted by atomic mass is 32.2. The van der Waals surface area contributed by atoms with E-state index in [2.05, 4.69) is 20.3 Å². The van der Waals surface area contributed by atoms with Gasteiger partial charge in [0.1, 0.15) is 6.10 Å². The molecule has 1 fully saturated rings. The Kier molecular flexibility index (Phi) is 5.07. The smallest absolute Gasteiger partial charge is 0.388 e. The van der Waals surface area contributed by atoms with Gasteiger partial charge >= 0.3 is 6.18 Å². The van der Waals surface area contributed by atoms with Crippen LogP contribution in [0.3, 0.4) is 0 Å². The number of fused-ring (bicyclic) bond motifs is 1. The minimum Gasteiger partial charge on any atom is -0.388 e. The maximum atomic E-state index is 12.3. The average molecular weight is 377 g/mol. The van der Waals surface area contributed by atoms with Gasteiger partial charge in [-0.3, -0.25) is 4.57 Å². The Morgan fingerprint density at radius 1 is 1.44 bits per heavy atom. The number of aliphatic hydroxyl groups excluding tert-OH is 1. The van der Waals surface area contributed by atoms with Crippen molar-refractivity contribution in [1.82, 2.24) is 19.5 Å². The first-order valence-electron chi connectivity index (χ1n) is 7.74. The first-order chi connectivity index (χ1) is 11.8. The van der Waals surface area contributed by atoms with Gasteiger partial charge < -0.3 is 15.2 Å². The molecule has 2 aromatic heterocycles. The van der Waals surface area contributed by atoms with E-state index in [4.69, 9.17) is 4.74 Å². The van der Waals surface area contributed by atoms with Gasteiger partial charge in [-0.15, -0.1) is 0 Å². The number of imidazole rings is 1. The molecule has 11 heteroatoms. The van der Waals surface area contributed by atoms with Crippen molar-refractivity contribution >= 4 is 28.7 Å². The van der Waals surface area contributed by atoms with Crippen molar-refractivity contribution in [3.05, 3.63) is 6.33 Å². The second kappa shape index (κ2) is 6.96. The molecule has 1 aliphatic heterocycles. The van der Waals surface area contributed by atoms with Crippen LogP contribution in [0.15, 0.2) is 11.5 Å². The van der Waals surface area contributed by atoms with Crippen molar-refractivity contribution < 1.29 is 23.0 Å². The van der Waals surface area contributed by atoms with Gasteiger partial charge in [-0.25, -0.2) is 15.0 Å². The van der Waals surface area contributed by atoms with E-state index in [9.17, 15) is 18.3 Å². The quantitative estimate of drug-likeness (QED) is 0.612. The molecule has 3 atom stereocenters. The Bertz CT molecular complexity index is 754. The topological polar surface area (TPSA) is 85.1 Å². The molecule has 0 spiro atoms. The fraction of sp³-hybridized carbons (Fsp3) is 0.643. The van der Waals surface area contributed by atoms with Crippen LogP contribution in [0.5, 0.6) is 0 Å².